The summed E-state index contributed by atoms with van der Waals surface area (Å²) in [4.78, 5) is 13.4. The van der Waals surface area contributed by atoms with E-state index in [9.17, 15) is 9.90 Å². The van der Waals surface area contributed by atoms with Gasteiger partial charge < -0.3 is 24.1 Å². The van der Waals surface area contributed by atoms with Crippen LogP contribution in [0.1, 0.15) is 27.6 Å². The van der Waals surface area contributed by atoms with Crippen molar-refractivity contribution in [3.05, 3.63) is 82.9 Å². The molecule has 0 amide bonds. The molecule has 1 atom stereocenters. The van der Waals surface area contributed by atoms with Gasteiger partial charge in [-0.25, -0.2) is 0 Å². The van der Waals surface area contributed by atoms with Crippen LogP contribution in [0.15, 0.2) is 66.2 Å². The van der Waals surface area contributed by atoms with Crippen LogP contribution in [0.5, 0.6) is 28.7 Å². The van der Waals surface area contributed by atoms with Gasteiger partial charge in [0.2, 0.25) is 5.75 Å². The molecule has 1 unspecified atom stereocenters. The maximum absolute atomic E-state index is 13.4. The van der Waals surface area contributed by atoms with Gasteiger partial charge in [0.1, 0.15) is 11.5 Å². The lowest BCUT2D eigenvalue weighted by Crippen LogP contribution is -2.23. The van der Waals surface area contributed by atoms with Crippen LogP contribution in [0.2, 0.25) is 0 Å². The third-order valence-electron chi connectivity index (χ3n) is 5.11. The summed E-state index contributed by atoms with van der Waals surface area (Å²) in [5.41, 5.74) is 2.27. The van der Waals surface area contributed by atoms with E-state index in [1.807, 2.05) is 30.3 Å². The zero-order valence-electron chi connectivity index (χ0n) is 17.4. The Morgan fingerprint density at radius 1 is 0.903 bits per heavy atom. The van der Waals surface area contributed by atoms with Crippen LogP contribution in [0.3, 0.4) is 0 Å². The molecule has 0 aliphatic carbocycles. The SMILES string of the molecule is COc1cc(C=C2C(=O)c3cc(O)ccc3OC2c2ccccc2)cc(OC)c1OC. The average molecular weight is 418 g/mol. The summed E-state index contributed by atoms with van der Waals surface area (Å²) in [5.74, 6) is 1.63. The van der Waals surface area contributed by atoms with Crippen molar-refractivity contribution in [3.8, 4) is 28.7 Å². The fourth-order valence-electron chi connectivity index (χ4n) is 3.64. The second kappa shape index (κ2) is 8.44. The van der Waals surface area contributed by atoms with E-state index in [0.29, 0.717) is 39.7 Å². The van der Waals surface area contributed by atoms with Crippen LogP contribution in [0.4, 0.5) is 0 Å². The second-order valence-corrected chi connectivity index (χ2v) is 6.98. The van der Waals surface area contributed by atoms with E-state index in [4.69, 9.17) is 18.9 Å². The molecule has 1 heterocycles. The number of carbonyl (C=O) groups excluding carboxylic acids is 1. The summed E-state index contributed by atoms with van der Waals surface area (Å²) in [6.45, 7) is 0. The number of ketones is 1. The Kier molecular flexibility index (Phi) is 5.54. The minimum Gasteiger partial charge on any atom is -0.508 e. The maximum Gasteiger partial charge on any atom is 0.203 e. The van der Waals surface area contributed by atoms with Gasteiger partial charge in [0.15, 0.2) is 23.4 Å². The van der Waals surface area contributed by atoms with E-state index < -0.39 is 6.10 Å². The minimum absolute atomic E-state index is 0.000923. The Hall–Kier alpha value is -3.93. The molecule has 1 aliphatic heterocycles. The van der Waals surface area contributed by atoms with Gasteiger partial charge in [-0.1, -0.05) is 30.3 Å². The molecular formula is C25H22O6. The van der Waals surface area contributed by atoms with Gasteiger partial charge in [0.25, 0.3) is 0 Å². The first kappa shape index (κ1) is 20.3. The van der Waals surface area contributed by atoms with Crippen LogP contribution >= 0.6 is 0 Å². The van der Waals surface area contributed by atoms with E-state index >= 15 is 0 Å². The molecule has 3 aromatic rings. The van der Waals surface area contributed by atoms with E-state index in [0.717, 1.165) is 5.56 Å². The normalized spacial score (nSPS) is 16.4. The maximum atomic E-state index is 13.4. The van der Waals surface area contributed by atoms with Crippen LogP contribution in [0, 0.1) is 0 Å². The topological polar surface area (TPSA) is 74.2 Å². The van der Waals surface area contributed by atoms with Gasteiger partial charge >= 0.3 is 0 Å². The number of phenolic OH excluding ortho intramolecular Hbond substituents is 1. The van der Waals surface area contributed by atoms with Crippen molar-refractivity contribution in [2.24, 2.45) is 0 Å². The van der Waals surface area contributed by atoms with Crippen molar-refractivity contribution in [3.63, 3.8) is 0 Å². The summed E-state index contributed by atoms with van der Waals surface area (Å²) in [6, 6.07) is 17.6. The quantitative estimate of drug-likeness (QED) is 0.599. The van der Waals surface area contributed by atoms with E-state index in [1.54, 1.807) is 24.3 Å². The number of rotatable bonds is 5. The highest BCUT2D eigenvalue weighted by Crippen LogP contribution is 2.42. The van der Waals surface area contributed by atoms with Crippen LogP contribution in [-0.4, -0.2) is 32.2 Å². The Morgan fingerprint density at radius 3 is 2.19 bits per heavy atom. The summed E-state index contributed by atoms with van der Waals surface area (Å²) in [7, 11) is 4.61. The standard InChI is InChI=1S/C25H22O6/c1-28-21-12-15(13-22(29-2)25(21)30-3)11-19-23(27)18-14-17(26)9-10-20(18)31-24(19)16-7-5-4-6-8-16/h4-14,24,26H,1-3H3. The Balaban J connectivity index is 1.89. The van der Waals surface area contributed by atoms with Crippen LogP contribution < -0.4 is 18.9 Å². The number of Topliss-reactive ketones (excluding diaryl/α,β-unsaturated/α-hetero) is 1. The highest BCUT2D eigenvalue weighted by Gasteiger charge is 2.33. The molecule has 3 aromatic carbocycles. The molecule has 31 heavy (non-hydrogen) atoms. The predicted octanol–water partition coefficient (Wildman–Crippen LogP) is 4.82. The van der Waals surface area contributed by atoms with Gasteiger partial charge in [-0.2, -0.15) is 0 Å². The Labute approximate surface area is 180 Å². The number of carbonyl (C=O) groups is 1. The monoisotopic (exact) mass is 418 g/mol. The molecule has 1 N–H and O–H groups in total. The summed E-state index contributed by atoms with van der Waals surface area (Å²) in [6.07, 6.45) is 1.14. The molecule has 0 spiro atoms. The van der Waals surface area contributed by atoms with Gasteiger partial charge in [-0.3, -0.25) is 4.79 Å². The molecule has 158 valence electrons. The van der Waals surface area contributed by atoms with Crippen molar-refractivity contribution in [1.29, 1.82) is 0 Å². The van der Waals surface area contributed by atoms with Crippen molar-refractivity contribution in [2.75, 3.05) is 21.3 Å². The van der Waals surface area contributed by atoms with E-state index in [-0.39, 0.29) is 11.5 Å². The molecule has 6 heteroatoms. The first-order valence-electron chi connectivity index (χ1n) is 9.66. The van der Waals surface area contributed by atoms with Gasteiger partial charge in [-0.15, -0.1) is 0 Å². The highest BCUT2D eigenvalue weighted by molar-refractivity contribution is 6.15. The first-order valence-corrected chi connectivity index (χ1v) is 9.66. The third-order valence-corrected chi connectivity index (χ3v) is 5.11. The number of phenols is 1. The molecule has 0 saturated carbocycles. The molecule has 6 nitrogen and oxygen atoms in total. The molecule has 4 rings (SSSR count). The number of fused-ring (bicyclic) bond motifs is 1. The van der Waals surface area contributed by atoms with Gasteiger partial charge in [0, 0.05) is 5.57 Å². The van der Waals surface area contributed by atoms with Crippen molar-refractivity contribution in [2.45, 2.75) is 6.10 Å². The smallest absolute Gasteiger partial charge is 0.203 e. The number of hydrogen-bond acceptors (Lipinski definition) is 6. The average Bonchev–Trinajstić information content (AvgIpc) is 2.80. The lowest BCUT2D eigenvalue weighted by atomic mass is 9.89. The Morgan fingerprint density at radius 2 is 1.58 bits per heavy atom. The fraction of sp³-hybridized carbons (Fsp3) is 0.160. The zero-order valence-corrected chi connectivity index (χ0v) is 17.4. The van der Waals surface area contributed by atoms with Crippen LogP contribution in [0.25, 0.3) is 6.08 Å². The summed E-state index contributed by atoms with van der Waals surface area (Å²) in [5, 5.41) is 9.89. The molecule has 0 aromatic heterocycles. The lowest BCUT2D eigenvalue weighted by molar-refractivity contribution is 0.0963. The molecular weight excluding hydrogens is 396 g/mol. The highest BCUT2D eigenvalue weighted by atomic mass is 16.5. The van der Waals surface area contributed by atoms with Crippen molar-refractivity contribution >= 4 is 11.9 Å². The third kappa shape index (κ3) is 3.80. The number of benzene rings is 3. The fourth-order valence-corrected chi connectivity index (χ4v) is 3.64. The lowest BCUT2D eigenvalue weighted by Gasteiger charge is -2.28. The first-order chi connectivity index (χ1) is 15.0. The van der Waals surface area contributed by atoms with Gasteiger partial charge in [0.05, 0.1) is 26.9 Å². The number of hydrogen-bond donors (Lipinski definition) is 1. The largest absolute Gasteiger partial charge is 0.508 e. The number of ether oxygens (including phenoxy) is 4. The Bertz CT molecular complexity index is 1120. The van der Waals surface area contributed by atoms with Gasteiger partial charge in [-0.05, 0) is 47.5 Å². The predicted molar refractivity (Wildman–Crippen MR) is 116 cm³/mol. The van der Waals surface area contributed by atoms with E-state index in [1.165, 1.54) is 33.5 Å². The van der Waals surface area contributed by atoms with Crippen molar-refractivity contribution in [1.82, 2.24) is 0 Å². The summed E-state index contributed by atoms with van der Waals surface area (Å²) >= 11 is 0. The van der Waals surface area contributed by atoms with Crippen LogP contribution in [-0.2, 0) is 0 Å². The molecule has 0 saturated heterocycles. The number of aromatic hydroxyl groups is 1. The second-order valence-electron chi connectivity index (χ2n) is 6.98. The molecule has 0 bridgehead atoms. The molecule has 0 fully saturated rings. The summed E-state index contributed by atoms with van der Waals surface area (Å²) < 4.78 is 22.5. The minimum atomic E-state index is -0.607. The van der Waals surface area contributed by atoms with Crippen molar-refractivity contribution < 1.29 is 28.8 Å². The molecule has 1 aliphatic rings. The number of methoxy groups -OCH3 is 3. The molecule has 0 radical (unpaired) electrons. The van der Waals surface area contributed by atoms with E-state index in [2.05, 4.69) is 0 Å². The zero-order chi connectivity index (χ0) is 22.0.